The van der Waals surface area contributed by atoms with Crippen molar-refractivity contribution in [2.45, 2.75) is 37.8 Å². The zero-order chi connectivity index (χ0) is 11.6. The summed E-state index contributed by atoms with van der Waals surface area (Å²) < 4.78 is 0. The number of rotatable bonds is 3. The number of aliphatic hydroxyl groups is 1. The second kappa shape index (κ2) is 5.00. The number of piperazine rings is 1. The Morgan fingerprint density at radius 1 is 1.31 bits per heavy atom. The molecule has 3 N–H and O–H groups in total. The Morgan fingerprint density at radius 3 is 2.88 bits per heavy atom. The van der Waals surface area contributed by atoms with Crippen LogP contribution >= 0.6 is 0 Å². The Labute approximate surface area is 98.4 Å². The second-order valence-corrected chi connectivity index (χ2v) is 5.73. The van der Waals surface area contributed by atoms with Crippen LogP contribution in [-0.2, 0) is 0 Å². The maximum absolute atomic E-state index is 9.20. The average Bonchev–Trinajstić information content (AvgIpc) is 2.28. The fraction of sp³-hybridized carbons (Fsp3) is 1.00. The molecule has 0 saturated carbocycles. The van der Waals surface area contributed by atoms with Gasteiger partial charge in [0, 0.05) is 37.8 Å². The number of nitrogens with zero attached hydrogens (tertiary/aromatic N) is 2. The topological polar surface area (TPSA) is 52.7 Å². The molecule has 2 rings (SSSR count). The quantitative estimate of drug-likeness (QED) is 0.705. The summed E-state index contributed by atoms with van der Waals surface area (Å²) in [5.41, 5.74) is 5.56. The van der Waals surface area contributed by atoms with Crippen molar-refractivity contribution in [3.8, 4) is 0 Å². The fourth-order valence-corrected chi connectivity index (χ4v) is 2.92. The molecule has 0 bridgehead atoms. The first-order chi connectivity index (χ1) is 7.61. The number of piperidine rings is 1. The van der Waals surface area contributed by atoms with Crippen molar-refractivity contribution in [1.29, 1.82) is 0 Å². The van der Waals surface area contributed by atoms with Crippen molar-refractivity contribution in [3.63, 3.8) is 0 Å². The monoisotopic (exact) mass is 227 g/mol. The highest BCUT2D eigenvalue weighted by Gasteiger charge is 2.31. The molecule has 2 atom stereocenters. The van der Waals surface area contributed by atoms with Gasteiger partial charge in [-0.3, -0.25) is 9.80 Å². The number of hydrogen-bond acceptors (Lipinski definition) is 4. The zero-order valence-corrected chi connectivity index (χ0v) is 10.4. The summed E-state index contributed by atoms with van der Waals surface area (Å²) in [6.45, 7) is 7.49. The van der Waals surface area contributed by atoms with Crippen molar-refractivity contribution in [3.05, 3.63) is 0 Å². The molecule has 2 fully saturated rings. The molecule has 2 unspecified atom stereocenters. The molecule has 0 aliphatic carbocycles. The van der Waals surface area contributed by atoms with Gasteiger partial charge in [0.2, 0.25) is 0 Å². The zero-order valence-electron chi connectivity index (χ0n) is 10.4. The highest BCUT2D eigenvalue weighted by atomic mass is 16.3. The van der Waals surface area contributed by atoms with Gasteiger partial charge in [-0.05, 0) is 26.3 Å². The van der Waals surface area contributed by atoms with Crippen LogP contribution in [0.3, 0.4) is 0 Å². The van der Waals surface area contributed by atoms with Crippen LogP contribution in [0.4, 0.5) is 0 Å². The summed E-state index contributed by atoms with van der Waals surface area (Å²) in [7, 11) is 0. The van der Waals surface area contributed by atoms with Gasteiger partial charge in [-0.25, -0.2) is 0 Å². The molecule has 0 aromatic heterocycles. The average molecular weight is 227 g/mol. The van der Waals surface area contributed by atoms with E-state index in [9.17, 15) is 5.11 Å². The molecule has 2 aliphatic rings. The van der Waals surface area contributed by atoms with Gasteiger partial charge >= 0.3 is 0 Å². The summed E-state index contributed by atoms with van der Waals surface area (Å²) in [5, 5.41) is 9.20. The number of aliphatic hydroxyl groups excluding tert-OH is 1. The summed E-state index contributed by atoms with van der Waals surface area (Å²) in [6.07, 6.45) is 4.06. The Kier molecular flexibility index (Phi) is 3.85. The van der Waals surface area contributed by atoms with E-state index in [0.717, 1.165) is 25.7 Å². The lowest BCUT2D eigenvalue weighted by atomic mass is 9.97. The smallest absolute Gasteiger partial charge is 0.0621 e. The standard InChI is InChI=1S/C12H25N3O/c1-12(13,10-16)9-14-6-7-15-5-3-2-4-11(15)8-14/h11,16H,2-10,13H2,1H3. The van der Waals surface area contributed by atoms with Gasteiger partial charge in [0.1, 0.15) is 0 Å². The predicted molar refractivity (Wildman–Crippen MR) is 65.3 cm³/mol. The van der Waals surface area contributed by atoms with Crippen LogP contribution in [0.1, 0.15) is 26.2 Å². The molecule has 0 spiro atoms. The highest BCUT2D eigenvalue weighted by Crippen LogP contribution is 2.21. The molecule has 94 valence electrons. The van der Waals surface area contributed by atoms with E-state index < -0.39 is 5.54 Å². The summed E-state index contributed by atoms with van der Waals surface area (Å²) in [5.74, 6) is 0. The van der Waals surface area contributed by atoms with Crippen LogP contribution in [0.2, 0.25) is 0 Å². The van der Waals surface area contributed by atoms with E-state index in [0.29, 0.717) is 0 Å². The minimum absolute atomic E-state index is 0.0673. The lowest BCUT2D eigenvalue weighted by Crippen LogP contribution is -2.59. The predicted octanol–water partition coefficient (Wildman–Crippen LogP) is -0.134. The second-order valence-electron chi connectivity index (χ2n) is 5.73. The molecule has 4 heteroatoms. The van der Waals surface area contributed by atoms with Crippen molar-refractivity contribution in [1.82, 2.24) is 9.80 Å². The molecule has 16 heavy (non-hydrogen) atoms. The van der Waals surface area contributed by atoms with Crippen LogP contribution < -0.4 is 5.73 Å². The van der Waals surface area contributed by atoms with Gasteiger partial charge in [0.05, 0.1) is 6.61 Å². The molecule has 0 aromatic rings. The lowest BCUT2D eigenvalue weighted by molar-refractivity contribution is 0.0331. The minimum atomic E-state index is -0.448. The van der Waals surface area contributed by atoms with E-state index in [2.05, 4.69) is 9.80 Å². The van der Waals surface area contributed by atoms with Gasteiger partial charge in [-0.2, -0.15) is 0 Å². The Morgan fingerprint density at radius 2 is 2.12 bits per heavy atom. The molecule has 0 radical (unpaired) electrons. The Balaban J connectivity index is 1.85. The molecule has 0 aromatic carbocycles. The molecule has 4 nitrogen and oxygen atoms in total. The molecule has 0 amide bonds. The Bertz CT molecular complexity index is 232. The van der Waals surface area contributed by atoms with E-state index in [-0.39, 0.29) is 6.61 Å². The summed E-state index contributed by atoms with van der Waals surface area (Å²) in [4.78, 5) is 5.04. The SMILES string of the molecule is CC(N)(CO)CN1CCN2CCCCC2C1. The van der Waals surface area contributed by atoms with Crippen molar-refractivity contribution >= 4 is 0 Å². The van der Waals surface area contributed by atoms with Crippen LogP contribution in [0.15, 0.2) is 0 Å². The normalized spacial score (nSPS) is 32.1. The highest BCUT2D eigenvalue weighted by molar-refractivity contribution is 4.89. The minimum Gasteiger partial charge on any atom is -0.394 e. The summed E-state index contributed by atoms with van der Waals surface area (Å²) >= 11 is 0. The maximum Gasteiger partial charge on any atom is 0.0621 e. The lowest BCUT2D eigenvalue weighted by Gasteiger charge is -2.45. The molecular formula is C12H25N3O. The summed E-state index contributed by atoms with van der Waals surface area (Å²) in [6, 6.07) is 0.733. The molecule has 2 aliphatic heterocycles. The largest absolute Gasteiger partial charge is 0.394 e. The third-order valence-corrected chi connectivity index (χ3v) is 3.87. The van der Waals surface area contributed by atoms with E-state index in [1.54, 1.807) is 0 Å². The first-order valence-corrected chi connectivity index (χ1v) is 6.47. The van der Waals surface area contributed by atoms with Crippen molar-refractivity contribution < 1.29 is 5.11 Å². The number of fused-ring (bicyclic) bond motifs is 1. The first kappa shape index (κ1) is 12.3. The molecule has 2 heterocycles. The van der Waals surface area contributed by atoms with Gasteiger partial charge in [0.25, 0.3) is 0 Å². The Hall–Kier alpha value is -0.160. The van der Waals surface area contributed by atoms with Gasteiger partial charge < -0.3 is 10.8 Å². The van der Waals surface area contributed by atoms with E-state index >= 15 is 0 Å². The van der Waals surface area contributed by atoms with Crippen LogP contribution in [0.5, 0.6) is 0 Å². The van der Waals surface area contributed by atoms with Crippen LogP contribution in [0, 0.1) is 0 Å². The van der Waals surface area contributed by atoms with Crippen LogP contribution in [-0.4, -0.2) is 65.8 Å². The third-order valence-electron chi connectivity index (χ3n) is 3.87. The molecular weight excluding hydrogens is 202 g/mol. The number of nitrogens with two attached hydrogens (primary N) is 1. The van der Waals surface area contributed by atoms with Gasteiger partial charge in [-0.15, -0.1) is 0 Å². The van der Waals surface area contributed by atoms with E-state index in [1.807, 2.05) is 6.92 Å². The fourth-order valence-electron chi connectivity index (χ4n) is 2.92. The first-order valence-electron chi connectivity index (χ1n) is 6.47. The van der Waals surface area contributed by atoms with Gasteiger partial charge in [0.15, 0.2) is 0 Å². The molecule has 2 saturated heterocycles. The third kappa shape index (κ3) is 2.94. The van der Waals surface area contributed by atoms with Gasteiger partial charge in [-0.1, -0.05) is 6.42 Å². The van der Waals surface area contributed by atoms with Crippen LogP contribution in [0.25, 0.3) is 0 Å². The number of hydrogen-bond donors (Lipinski definition) is 2. The van der Waals surface area contributed by atoms with E-state index in [1.165, 1.54) is 32.4 Å². The van der Waals surface area contributed by atoms with E-state index in [4.69, 9.17) is 5.73 Å². The van der Waals surface area contributed by atoms with Crippen molar-refractivity contribution in [2.24, 2.45) is 5.73 Å². The van der Waals surface area contributed by atoms with Crippen molar-refractivity contribution in [2.75, 3.05) is 39.3 Å². The maximum atomic E-state index is 9.20.